The van der Waals surface area contributed by atoms with Gasteiger partial charge < -0.3 is 5.32 Å². The first-order valence-corrected chi connectivity index (χ1v) is 4.57. The highest BCUT2D eigenvalue weighted by Crippen LogP contribution is 2.68. The van der Waals surface area contributed by atoms with Crippen molar-refractivity contribution in [1.82, 2.24) is 5.32 Å². The van der Waals surface area contributed by atoms with E-state index >= 15 is 0 Å². The lowest BCUT2D eigenvalue weighted by Crippen LogP contribution is -2.24. The molecule has 3 heteroatoms. The van der Waals surface area contributed by atoms with Crippen LogP contribution in [0, 0.1) is 16.7 Å². The summed E-state index contributed by atoms with van der Waals surface area (Å²) in [7, 11) is 0. The number of hydrogen-bond acceptors (Lipinski definition) is 2. The molecule has 0 heterocycles. The van der Waals surface area contributed by atoms with Crippen molar-refractivity contribution in [1.29, 1.82) is 0 Å². The molecule has 12 heavy (non-hydrogen) atoms. The van der Waals surface area contributed by atoms with Crippen LogP contribution >= 0.6 is 12.2 Å². The summed E-state index contributed by atoms with van der Waals surface area (Å²) in [6.45, 7) is 8.45. The summed E-state index contributed by atoms with van der Waals surface area (Å²) >= 11 is 4.57. The predicted octanol–water partition coefficient (Wildman–Crippen LogP) is 1.74. The third kappa shape index (κ3) is 1.07. The number of carbonyl (C=O) groups is 1. The molecule has 1 aliphatic rings. The molecule has 68 valence electrons. The normalized spacial score (nSPS) is 24.7. The SMILES string of the molecule is CC1(C)C(C(=O)NC=S)C1(C)C. The Morgan fingerprint density at radius 2 is 1.75 bits per heavy atom. The Hall–Kier alpha value is -0.440. The van der Waals surface area contributed by atoms with E-state index in [1.165, 1.54) is 5.49 Å². The third-order valence-corrected chi connectivity index (χ3v) is 3.60. The smallest absolute Gasteiger partial charge is 0.228 e. The van der Waals surface area contributed by atoms with Gasteiger partial charge in [-0.25, -0.2) is 0 Å². The maximum atomic E-state index is 11.4. The van der Waals surface area contributed by atoms with Gasteiger partial charge in [-0.1, -0.05) is 39.9 Å². The van der Waals surface area contributed by atoms with Crippen molar-refractivity contribution < 1.29 is 4.79 Å². The third-order valence-electron chi connectivity index (χ3n) is 3.48. The Kier molecular flexibility index (Phi) is 2.03. The largest absolute Gasteiger partial charge is 0.323 e. The number of hydrogen-bond donors (Lipinski definition) is 1. The number of nitrogens with one attached hydrogen (secondary N) is 1. The average molecular weight is 185 g/mol. The average Bonchev–Trinajstić information content (AvgIpc) is 2.24. The van der Waals surface area contributed by atoms with Crippen molar-refractivity contribution in [2.75, 3.05) is 0 Å². The van der Waals surface area contributed by atoms with Gasteiger partial charge in [0, 0.05) is 5.92 Å². The minimum atomic E-state index is 0.0556. The van der Waals surface area contributed by atoms with E-state index in [1.54, 1.807) is 0 Å². The lowest BCUT2D eigenvalue weighted by atomic mass is 10.0. The summed E-state index contributed by atoms with van der Waals surface area (Å²) in [5.74, 6) is 0.157. The van der Waals surface area contributed by atoms with Crippen molar-refractivity contribution >= 4 is 23.6 Å². The molecule has 1 fully saturated rings. The number of carbonyl (C=O) groups excluding carboxylic acids is 1. The minimum Gasteiger partial charge on any atom is -0.323 e. The van der Waals surface area contributed by atoms with Crippen LogP contribution in [-0.2, 0) is 4.79 Å². The first-order chi connectivity index (χ1) is 5.35. The fraction of sp³-hybridized carbons (Fsp3) is 0.778. The molecule has 0 aromatic rings. The Morgan fingerprint density at radius 1 is 1.33 bits per heavy atom. The standard InChI is InChI=1S/C9H15NOS/c1-8(2)6(9(8,3)4)7(11)10-5-12/h5-6H,1-4H3,(H,10,11,12). The quantitative estimate of drug-likeness (QED) is 0.664. The second-order valence-electron chi connectivity index (χ2n) is 4.50. The zero-order valence-electron chi connectivity index (χ0n) is 7.97. The zero-order valence-corrected chi connectivity index (χ0v) is 8.79. The van der Waals surface area contributed by atoms with E-state index in [2.05, 4.69) is 45.2 Å². The molecule has 0 spiro atoms. The van der Waals surface area contributed by atoms with Gasteiger partial charge in [0.2, 0.25) is 5.91 Å². The van der Waals surface area contributed by atoms with Gasteiger partial charge in [-0.2, -0.15) is 0 Å². The van der Waals surface area contributed by atoms with E-state index in [9.17, 15) is 4.79 Å². The Bertz CT molecular complexity index is 219. The molecular formula is C9H15NOS. The number of rotatable bonds is 2. The van der Waals surface area contributed by atoms with Crippen LogP contribution in [0.1, 0.15) is 27.7 Å². The van der Waals surface area contributed by atoms with E-state index in [0.717, 1.165) is 0 Å². The molecule has 0 aliphatic heterocycles. The molecule has 1 N–H and O–H groups in total. The van der Waals surface area contributed by atoms with E-state index in [-0.39, 0.29) is 22.7 Å². The van der Waals surface area contributed by atoms with Crippen LogP contribution < -0.4 is 5.32 Å². The monoisotopic (exact) mass is 185 g/mol. The maximum absolute atomic E-state index is 11.4. The molecular weight excluding hydrogens is 170 g/mol. The number of thiocarbonyl (C=S) groups is 1. The fourth-order valence-corrected chi connectivity index (χ4v) is 2.11. The fourth-order valence-electron chi connectivity index (χ4n) is 1.99. The van der Waals surface area contributed by atoms with E-state index in [0.29, 0.717) is 0 Å². The summed E-state index contributed by atoms with van der Waals surface area (Å²) in [6, 6.07) is 0. The molecule has 1 aliphatic carbocycles. The van der Waals surface area contributed by atoms with Crippen LogP contribution in [0.25, 0.3) is 0 Å². The first kappa shape index (κ1) is 9.65. The van der Waals surface area contributed by atoms with Gasteiger partial charge >= 0.3 is 0 Å². The Labute approximate surface area is 78.7 Å². The van der Waals surface area contributed by atoms with Crippen molar-refractivity contribution in [2.24, 2.45) is 16.7 Å². The molecule has 1 amide bonds. The van der Waals surface area contributed by atoms with Crippen LogP contribution in [0.4, 0.5) is 0 Å². The summed E-state index contributed by atoms with van der Waals surface area (Å²) in [5, 5.41) is 2.57. The second kappa shape index (κ2) is 2.52. The molecule has 0 aromatic carbocycles. The van der Waals surface area contributed by atoms with Crippen LogP contribution in [0.15, 0.2) is 0 Å². The molecule has 2 nitrogen and oxygen atoms in total. The van der Waals surface area contributed by atoms with Gasteiger partial charge in [0.1, 0.15) is 0 Å². The maximum Gasteiger partial charge on any atom is 0.228 e. The van der Waals surface area contributed by atoms with Gasteiger partial charge in [-0.3, -0.25) is 4.79 Å². The lowest BCUT2D eigenvalue weighted by molar-refractivity contribution is -0.121. The Balaban J connectivity index is 2.70. The van der Waals surface area contributed by atoms with Gasteiger partial charge in [-0.15, -0.1) is 0 Å². The summed E-state index contributed by atoms with van der Waals surface area (Å²) in [4.78, 5) is 11.4. The highest BCUT2D eigenvalue weighted by molar-refractivity contribution is 7.78. The molecule has 0 saturated heterocycles. The Morgan fingerprint density at radius 3 is 2.00 bits per heavy atom. The molecule has 0 aromatic heterocycles. The summed E-state index contributed by atoms with van der Waals surface area (Å²) in [5.41, 5.74) is 1.50. The van der Waals surface area contributed by atoms with Gasteiger partial charge in [-0.05, 0) is 10.8 Å². The van der Waals surface area contributed by atoms with Gasteiger partial charge in [0.25, 0.3) is 0 Å². The van der Waals surface area contributed by atoms with Crippen LogP contribution in [0.2, 0.25) is 0 Å². The lowest BCUT2D eigenvalue weighted by Gasteiger charge is -2.03. The van der Waals surface area contributed by atoms with Crippen molar-refractivity contribution in [3.05, 3.63) is 0 Å². The molecule has 0 atom stereocenters. The first-order valence-electron chi connectivity index (χ1n) is 4.09. The van der Waals surface area contributed by atoms with Crippen LogP contribution in [0.3, 0.4) is 0 Å². The minimum absolute atomic E-state index is 0.0556. The van der Waals surface area contributed by atoms with Crippen molar-refractivity contribution in [3.8, 4) is 0 Å². The van der Waals surface area contributed by atoms with E-state index in [1.807, 2.05) is 0 Å². The summed E-state index contributed by atoms with van der Waals surface area (Å²) in [6.07, 6.45) is 0. The molecule has 0 bridgehead atoms. The van der Waals surface area contributed by atoms with E-state index in [4.69, 9.17) is 0 Å². The number of amides is 1. The van der Waals surface area contributed by atoms with Gasteiger partial charge in [0.15, 0.2) is 0 Å². The van der Waals surface area contributed by atoms with Crippen molar-refractivity contribution in [3.63, 3.8) is 0 Å². The molecule has 0 unspecified atom stereocenters. The molecule has 1 rings (SSSR count). The predicted molar refractivity (Wildman–Crippen MR) is 52.8 cm³/mol. The van der Waals surface area contributed by atoms with E-state index < -0.39 is 0 Å². The molecule has 0 radical (unpaired) electrons. The topological polar surface area (TPSA) is 29.1 Å². The highest BCUT2D eigenvalue weighted by atomic mass is 32.1. The summed E-state index contributed by atoms with van der Waals surface area (Å²) < 4.78 is 0. The van der Waals surface area contributed by atoms with Crippen LogP contribution in [-0.4, -0.2) is 11.4 Å². The second-order valence-corrected chi connectivity index (χ2v) is 4.74. The highest BCUT2D eigenvalue weighted by Gasteiger charge is 2.68. The molecule has 1 saturated carbocycles. The van der Waals surface area contributed by atoms with Gasteiger partial charge in [0.05, 0.1) is 5.49 Å². The zero-order chi connectivity index (χ0) is 9.57. The van der Waals surface area contributed by atoms with Crippen LogP contribution in [0.5, 0.6) is 0 Å². The van der Waals surface area contributed by atoms with Crippen molar-refractivity contribution in [2.45, 2.75) is 27.7 Å².